The standard InChI is InChI=1S/C12H24N2O2/c1-10(2)16-8-7-14(3)12(15)11-5-4-6-13-9-11/h10-11,13H,4-9H2,1-3H3. The van der Waals surface area contributed by atoms with E-state index < -0.39 is 0 Å². The van der Waals surface area contributed by atoms with E-state index in [0.717, 1.165) is 25.9 Å². The molecule has 0 bridgehead atoms. The van der Waals surface area contributed by atoms with E-state index in [1.807, 2.05) is 20.9 Å². The van der Waals surface area contributed by atoms with Gasteiger partial charge in [-0.2, -0.15) is 0 Å². The fraction of sp³-hybridized carbons (Fsp3) is 0.917. The van der Waals surface area contributed by atoms with Gasteiger partial charge in [0.2, 0.25) is 5.91 Å². The maximum Gasteiger partial charge on any atom is 0.226 e. The average Bonchev–Trinajstić information content (AvgIpc) is 2.28. The number of carbonyl (C=O) groups is 1. The molecule has 0 aliphatic carbocycles. The van der Waals surface area contributed by atoms with Gasteiger partial charge in [-0.1, -0.05) is 0 Å². The third-order valence-corrected chi connectivity index (χ3v) is 2.90. The smallest absolute Gasteiger partial charge is 0.226 e. The molecular formula is C12H24N2O2. The minimum atomic E-state index is 0.165. The van der Waals surface area contributed by atoms with Gasteiger partial charge >= 0.3 is 0 Å². The highest BCUT2D eigenvalue weighted by molar-refractivity contribution is 5.78. The summed E-state index contributed by atoms with van der Waals surface area (Å²) >= 11 is 0. The van der Waals surface area contributed by atoms with Crippen LogP contribution in [-0.4, -0.2) is 50.2 Å². The first-order valence-electron chi connectivity index (χ1n) is 6.18. The average molecular weight is 228 g/mol. The van der Waals surface area contributed by atoms with Crippen LogP contribution < -0.4 is 5.32 Å². The molecule has 1 aliphatic heterocycles. The quantitative estimate of drug-likeness (QED) is 0.759. The SMILES string of the molecule is CC(C)OCCN(C)C(=O)C1CCCNC1. The lowest BCUT2D eigenvalue weighted by Crippen LogP contribution is -2.42. The van der Waals surface area contributed by atoms with E-state index >= 15 is 0 Å². The van der Waals surface area contributed by atoms with Crippen molar-refractivity contribution in [3.05, 3.63) is 0 Å². The van der Waals surface area contributed by atoms with Crippen LogP contribution in [0, 0.1) is 5.92 Å². The van der Waals surface area contributed by atoms with Crippen molar-refractivity contribution in [2.45, 2.75) is 32.8 Å². The first-order chi connectivity index (χ1) is 7.61. The largest absolute Gasteiger partial charge is 0.377 e. The van der Waals surface area contributed by atoms with E-state index in [1.165, 1.54) is 0 Å². The fourth-order valence-electron chi connectivity index (χ4n) is 1.91. The molecule has 1 N–H and O–H groups in total. The number of hydrogen-bond donors (Lipinski definition) is 1. The van der Waals surface area contributed by atoms with Gasteiger partial charge in [0.25, 0.3) is 0 Å². The summed E-state index contributed by atoms with van der Waals surface area (Å²) in [6.07, 6.45) is 2.35. The highest BCUT2D eigenvalue weighted by Crippen LogP contribution is 2.12. The predicted molar refractivity (Wildman–Crippen MR) is 64.3 cm³/mol. The Bertz CT molecular complexity index is 213. The molecule has 0 radical (unpaired) electrons. The molecule has 4 heteroatoms. The third-order valence-electron chi connectivity index (χ3n) is 2.90. The number of rotatable bonds is 5. The van der Waals surface area contributed by atoms with Crippen LogP contribution >= 0.6 is 0 Å². The number of amides is 1. The molecule has 1 rings (SSSR count). The van der Waals surface area contributed by atoms with E-state index in [9.17, 15) is 4.79 Å². The van der Waals surface area contributed by atoms with Crippen LogP contribution in [0.25, 0.3) is 0 Å². The van der Waals surface area contributed by atoms with Crippen LogP contribution in [0.15, 0.2) is 0 Å². The van der Waals surface area contributed by atoms with Crippen molar-refractivity contribution in [3.8, 4) is 0 Å². The van der Waals surface area contributed by atoms with Gasteiger partial charge in [-0.3, -0.25) is 4.79 Å². The Hall–Kier alpha value is -0.610. The Labute approximate surface area is 98.3 Å². The molecule has 1 heterocycles. The van der Waals surface area contributed by atoms with Gasteiger partial charge in [-0.05, 0) is 33.2 Å². The number of carbonyl (C=O) groups excluding carboxylic acids is 1. The second-order valence-corrected chi connectivity index (χ2v) is 4.72. The number of likely N-dealkylation sites (N-methyl/N-ethyl adjacent to an activating group) is 1. The number of nitrogens with one attached hydrogen (secondary N) is 1. The summed E-state index contributed by atoms with van der Waals surface area (Å²) in [6, 6.07) is 0. The van der Waals surface area contributed by atoms with Crippen LogP contribution in [-0.2, 0) is 9.53 Å². The molecule has 0 saturated carbocycles. The second-order valence-electron chi connectivity index (χ2n) is 4.72. The zero-order chi connectivity index (χ0) is 12.0. The maximum absolute atomic E-state index is 12.0. The molecule has 1 fully saturated rings. The summed E-state index contributed by atoms with van der Waals surface area (Å²) in [5.74, 6) is 0.414. The Morgan fingerprint density at radius 2 is 2.31 bits per heavy atom. The molecule has 0 aromatic carbocycles. The lowest BCUT2D eigenvalue weighted by Gasteiger charge is -2.27. The molecule has 1 amide bonds. The molecule has 0 aromatic rings. The first kappa shape index (κ1) is 13.5. The lowest BCUT2D eigenvalue weighted by molar-refractivity contribution is -0.135. The van der Waals surface area contributed by atoms with E-state index in [1.54, 1.807) is 4.90 Å². The van der Waals surface area contributed by atoms with Crippen molar-refractivity contribution in [2.24, 2.45) is 5.92 Å². The van der Waals surface area contributed by atoms with Crippen molar-refractivity contribution in [2.75, 3.05) is 33.3 Å². The summed E-state index contributed by atoms with van der Waals surface area (Å²) in [4.78, 5) is 13.8. The summed E-state index contributed by atoms with van der Waals surface area (Å²) in [6.45, 7) is 7.20. The van der Waals surface area contributed by atoms with Crippen molar-refractivity contribution >= 4 is 5.91 Å². The summed E-state index contributed by atoms with van der Waals surface area (Å²) in [5, 5.41) is 3.27. The van der Waals surface area contributed by atoms with Gasteiger partial charge in [0, 0.05) is 20.1 Å². The number of ether oxygens (including phenoxy) is 1. The predicted octanol–water partition coefficient (Wildman–Crippen LogP) is 0.869. The van der Waals surface area contributed by atoms with Crippen molar-refractivity contribution in [3.63, 3.8) is 0 Å². The van der Waals surface area contributed by atoms with E-state index in [-0.39, 0.29) is 17.9 Å². The van der Waals surface area contributed by atoms with Crippen LogP contribution in [0.5, 0.6) is 0 Å². The second kappa shape index (κ2) is 6.86. The number of nitrogens with zero attached hydrogens (tertiary/aromatic N) is 1. The summed E-state index contributed by atoms with van der Waals surface area (Å²) < 4.78 is 5.44. The minimum Gasteiger partial charge on any atom is -0.377 e. The highest BCUT2D eigenvalue weighted by atomic mass is 16.5. The van der Waals surface area contributed by atoms with E-state index in [2.05, 4.69) is 5.32 Å². The van der Waals surface area contributed by atoms with Crippen LogP contribution in [0.1, 0.15) is 26.7 Å². The Balaban J connectivity index is 2.23. The van der Waals surface area contributed by atoms with Gasteiger partial charge in [0.15, 0.2) is 0 Å². The molecule has 16 heavy (non-hydrogen) atoms. The highest BCUT2D eigenvalue weighted by Gasteiger charge is 2.23. The van der Waals surface area contributed by atoms with Gasteiger partial charge in [-0.25, -0.2) is 0 Å². The summed E-state index contributed by atoms with van der Waals surface area (Å²) in [7, 11) is 1.86. The normalized spacial score (nSPS) is 21.1. The zero-order valence-electron chi connectivity index (χ0n) is 10.7. The Morgan fingerprint density at radius 3 is 2.88 bits per heavy atom. The molecule has 1 unspecified atom stereocenters. The monoisotopic (exact) mass is 228 g/mol. The Morgan fingerprint density at radius 1 is 1.56 bits per heavy atom. The molecular weight excluding hydrogens is 204 g/mol. The van der Waals surface area contributed by atoms with Gasteiger partial charge in [0.1, 0.15) is 0 Å². The van der Waals surface area contributed by atoms with Gasteiger partial charge in [-0.15, -0.1) is 0 Å². The van der Waals surface area contributed by atoms with Gasteiger partial charge in [0.05, 0.1) is 18.6 Å². The molecule has 94 valence electrons. The third kappa shape index (κ3) is 4.49. The fourth-order valence-corrected chi connectivity index (χ4v) is 1.91. The molecule has 1 saturated heterocycles. The van der Waals surface area contributed by atoms with Crippen molar-refractivity contribution in [1.82, 2.24) is 10.2 Å². The van der Waals surface area contributed by atoms with Gasteiger partial charge < -0.3 is 15.0 Å². The van der Waals surface area contributed by atoms with Crippen LogP contribution in [0.3, 0.4) is 0 Å². The lowest BCUT2D eigenvalue weighted by atomic mass is 9.98. The van der Waals surface area contributed by atoms with Crippen molar-refractivity contribution < 1.29 is 9.53 Å². The van der Waals surface area contributed by atoms with Crippen LogP contribution in [0.2, 0.25) is 0 Å². The molecule has 4 nitrogen and oxygen atoms in total. The minimum absolute atomic E-state index is 0.165. The molecule has 0 aromatic heterocycles. The van der Waals surface area contributed by atoms with Crippen molar-refractivity contribution in [1.29, 1.82) is 0 Å². The Kier molecular flexibility index (Phi) is 5.77. The first-order valence-corrected chi connectivity index (χ1v) is 6.18. The molecule has 1 aliphatic rings. The topological polar surface area (TPSA) is 41.6 Å². The maximum atomic E-state index is 12.0. The molecule has 0 spiro atoms. The molecule has 1 atom stereocenters. The number of hydrogen-bond acceptors (Lipinski definition) is 3. The van der Waals surface area contributed by atoms with Crippen LogP contribution in [0.4, 0.5) is 0 Å². The van der Waals surface area contributed by atoms with E-state index in [0.29, 0.717) is 13.2 Å². The number of piperidine rings is 1. The summed E-state index contributed by atoms with van der Waals surface area (Å²) in [5.41, 5.74) is 0. The zero-order valence-corrected chi connectivity index (χ0v) is 10.7. The van der Waals surface area contributed by atoms with E-state index in [4.69, 9.17) is 4.74 Å².